The van der Waals surface area contributed by atoms with Crippen molar-refractivity contribution in [2.75, 3.05) is 11.4 Å². The van der Waals surface area contributed by atoms with Crippen LogP contribution in [0.3, 0.4) is 0 Å². The van der Waals surface area contributed by atoms with E-state index in [2.05, 4.69) is 47.5 Å². The summed E-state index contributed by atoms with van der Waals surface area (Å²) in [6, 6.07) is 13.9. The summed E-state index contributed by atoms with van der Waals surface area (Å²) in [6.45, 7) is 3.46. The molecule has 2 aromatic carbocycles. The van der Waals surface area contributed by atoms with Gasteiger partial charge in [-0.1, -0.05) is 18.2 Å². The predicted molar refractivity (Wildman–Crippen MR) is 123 cm³/mol. The number of hydroxylamine groups is 1. The van der Waals surface area contributed by atoms with Crippen LogP contribution >= 0.6 is 22.7 Å². The number of fused-ring (bicyclic) bond motifs is 2. The maximum Gasteiger partial charge on any atom is 0.274 e. The number of carbonyl (C=O) groups excluding carboxylic acids is 1. The third-order valence-corrected chi connectivity index (χ3v) is 7.86. The molecule has 0 fully saturated rings. The lowest BCUT2D eigenvalue weighted by atomic mass is 9.93. The Morgan fingerprint density at radius 2 is 2.16 bits per heavy atom. The highest BCUT2D eigenvalue weighted by molar-refractivity contribution is 7.23. The van der Waals surface area contributed by atoms with Gasteiger partial charge < -0.3 is 4.90 Å². The molecule has 2 N–H and O–H groups in total. The normalized spacial score (nSPS) is 13.1. The molecule has 0 atom stereocenters. The second-order valence-electron chi connectivity index (χ2n) is 7.45. The lowest BCUT2D eigenvalue weighted by molar-refractivity contribution is 0.0706. The van der Waals surface area contributed by atoms with Crippen LogP contribution in [-0.4, -0.2) is 22.6 Å². The molecule has 8 heteroatoms. The number of nitrogens with zero attached hydrogens (tertiary/aromatic N) is 3. The molecule has 0 saturated heterocycles. The van der Waals surface area contributed by atoms with Crippen molar-refractivity contribution < 1.29 is 10.0 Å². The van der Waals surface area contributed by atoms with E-state index in [-0.39, 0.29) is 0 Å². The Morgan fingerprint density at radius 1 is 1.32 bits per heavy atom. The molecule has 0 unspecified atom stereocenters. The molecule has 5 rings (SSSR count). The minimum absolute atomic E-state index is 0.294. The summed E-state index contributed by atoms with van der Waals surface area (Å²) in [5, 5.41) is 22.8. The average molecular weight is 447 g/mol. The van der Waals surface area contributed by atoms with E-state index >= 15 is 0 Å². The Labute approximate surface area is 187 Å². The van der Waals surface area contributed by atoms with Crippen molar-refractivity contribution in [3.05, 3.63) is 69.6 Å². The molecule has 0 saturated carbocycles. The second kappa shape index (κ2) is 7.78. The molecule has 4 aromatic rings. The number of amides is 1. The van der Waals surface area contributed by atoms with Crippen molar-refractivity contribution in [1.82, 2.24) is 10.5 Å². The second-order valence-corrected chi connectivity index (χ2v) is 9.34. The quantitative estimate of drug-likeness (QED) is 0.346. The Hall–Kier alpha value is -3.25. The van der Waals surface area contributed by atoms with Crippen LogP contribution in [0.15, 0.2) is 41.8 Å². The topological polar surface area (TPSA) is 89.3 Å². The molecule has 154 valence electrons. The van der Waals surface area contributed by atoms with Gasteiger partial charge in [-0.25, -0.2) is 10.5 Å². The van der Waals surface area contributed by atoms with E-state index in [0.717, 1.165) is 28.5 Å². The number of thiophene rings is 1. The van der Waals surface area contributed by atoms with Gasteiger partial charge in [-0.05, 0) is 53.6 Å². The molecule has 31 heavy (non-hydrogen) atoms. The first kappa shape index (κ1) is 19.7. The maximum atomic E-state index is 11.8. The Morgan fingerprint density at radius 3 is 2.94 bits per heavy atom. The van der Waals surface area contributed by atoms with E-state index in [9.17, 15) is 10.1 Å². The molecule has 0 bridgehead atoms. The van der Waals surface area contributed by atoms with Crippen molar-refractivity contribution in [3.8, 4) is 16.6 Å². The Balaban J connectivity index is 1.46. The van der Waals surface area contributed by atoms with Crippen LogP contribution < -0.4 is 10.4 Å². The van der Waals surface area contributed by atoms with E-state index in [1.165, 1.54) is 26.6 Å². The van der Waals surface area contributed by atoms with Gasteiger partial charge in [-0.3, -0.25) is 10.0 Å². The highest BCUT2D eigenvalue weighted by atomic mass is 32.1. The number of aromatic nitrogens is 1. The molecule has 0 aliphatic carbocycles. The van der Waals surface area contributed by atoms with Gasteiger partial charge >= 0.3 is 0 Å². The molecular weight excluding hydrogens is 428 g/mol. The van der Waals surface area contributed by atoms with Crippen molar-refractivity contribution >= 4 is 43.8 Å². The lowest BCUT2D eigenvalue weighted by Crippen LogP contribution is -2.31. The smallest absolute Gasteiger partial charge is 0.274 e. The first-order valence-electron chi connectivity index (χ1n) is 9.78. The fourth-order valence-electron chi connectivity index (χ4n) is 4.06. The van der Waals surface area contributed by atoms with Crippen LogP contribution in [0, 0.1) is 18.3 Å². The van der Waals surface area contributed by atoms with E-state index < -0.39 is 5.91 Å². The van der Waals surface area contributed by atoms with Gasteiger partial charge in [0.2, 0.25) is 0 Å². The molecule has 3 heterocycles. The first-order valence-corrected chi connectivity index (χ1v) is 11.5. The first-order chi connectivity index (χ1) is 15.1. The van der Waals surface area contributed by atoms with Crippen LogP contribution in [0.1, 0.15) is 32.6 Å². The number of hydrogen-bond donors (Lipinski definition) is 2. The number of aryl methyl sites for hydroxylation is 1. The molecular formula is C23H18N4O2S2. The van der Waals surface area contributed by atoms with Crippen LogP contribution in [0.2, 0.25) is 0 Å². The van der Waals surface area contributed by atoms with Crippen LogP contribution in [-0.2, 0) is 13.0 Å². The fraction of sp³-hybridized carbons (Fsp3) is 0.174. The summed E-state index contributed by atoms with van der Waals surface area (Å²) in [7, 11) is 0. The molecule has 1 aliphatic rings. The highest BCUT2D eigenvalue weighted by Crippen LogP contribution is 2.40. The number of anilines is 1. The van der Waals surface area contributed by atoms with E-state index in [4.69, 9.17) is 10.2 Å². The van der Waals surface area contributed by atoms with Gasteiger partial charge in [0.15, 0.2) is 5.13 Å². The number of carbonyl (C=O) groups is 1. The van der Waals surface area contributed by atoms with Gasteiger partial charge in [-0.15, -0.1) is 22.7 Å². The number of benzene rings is 2. The third kappa shape index (κ3) is 3.37. The summed E-state index contributed by atoms with van der Waals surface area (Å²) >= 11 is 3.37. The van der Waals surface area contributed by atoms with Gasteiger partial charge in [0.25, 0.3) is 5.91 Å². The van der Waals surface area contributed by atoms with Crippen LogP contribution in [0.5, 0.6) is 0 Å². The van der Waals surface area contributed by atoms with E-state index in [1.807, 2.05) is 0 Å². The average Bonchev–Trinajstić information content (AvgIpc) is 3.42. The predicted octanol–water partition coefficient (Wildman–Crippen LogP) is 4.89. The van der Waals surface area contributed by atoms with E-state index in [1.54, 1.807) is 34.2 Å². The summed E-state index contributed by atoms with van der Waals surface area (Å²) < 4.78 is 1.26. The van der Waals surface area contributed by atoms with Crippen molar-refractivity contribution in [1.29, 1.82) is 5.26 Å². The summed E-state index contributed by atoms with van der Waals surface area (Å²) in [6.07, 6.45) is 0.702. The molecule has 2 aromatic heterocycles. The maximum absolute atomic E-state index is 11.8. The summed E-state index contributed by atoms with van der Waals surface area (Å²) in [4.78, 5) is 20.1. The Bertz CT molecular complexity index is 1370. The highest BCUT2D eigenvalue weighted by Gasteiger charge is 2.24. The van der Waals surface area contributed by atoms with Crippen LogP contribution in [0.25, 0.3) is 20.7 Å². The van der Waals surface area contributed by atoms with Crippen molar-refractivity contribution in [3.63, 3.8) is 0 Å². The third-order valence-electron chi connectivity index (χ3n) is 5.67. The minimum atomic E-state index is -0.606. The minimum Gasteiger partial charge on any atom is -0.343 e. The summed E-state index contributed by atoms with van der Waals surface area (Å²) in [5.74, 6) is -0.606. The SMILES string of the molecule is Cc1c(-c2csc(N3CCc4cc(C(=O)NO)cc(C#N)c4C3)n2)sc2ccccc12. The monoisotopic (exact) mass is 446 g/mol. The number of nitriles is 1. The lowest BCUT2D eigenvalue weighted by Gasteiger charge is -2.29. The molecule has 1 aliphatic heterocycles. The molecule has 0 spiro atoms. The number of rotatable bonds is 3. The van der Waals surface area contributed by atoms with Gasteiger partial charge in [-0.2, -0.15) is 5.26 Å². The molecule has 1 amide bonds. The zero-order valence-electron chi connectivity index (χ0n) is 16.7. The zero-order chi connectivity index (χ0) is 21.5. The van der Waals surface area contributed by atoms with E-state index in [0.29, 0.717) is 24.1 Å². The Kier molecular flexibility index (Phi) is 4.94. The molecule has 6 nitrogen and oxygen atoms in total. The van der Waals surface area contributed by atoms with Gasteiger partial charge in [0, 0.05) is 28.7 Å². The number of hydrogen-bond acceptors (Lipinski definition) is 7. The van der Waals surface area contributed by atoms with Crippen molar-refractivity contribution in [2.24, 2.45) is 0 Å². The van der Waals surface area contributed by atoms with Crippen LogP contribution in [0.4, 0.5) is 5.13 Å². The zero-order valence-corrected chi connectivity index (χ0v) is 18.3. The van der Waals surface area contributed by atoms with Crippen molar-refractivity contribution in [2.45, 2.75) is 19.9 Å². The number of nitrogens with one attached hydrogen (secondary N) is 1. The number of thiazole rings is 1. The summed E-state index contributed by atoms with van der Waals surface area (Å²) in [5.41, 5.74) is 6.51. The standard InChI is InChI=1S/C23H18N4O2S2/c1-13-17-4-2-3-5-20(17)31-21(13)19-12-30-23(25-19)27-7-6-14-8-15(22(28)26-29)9-16(10-24)18(14)11-27/h2-5,8-9,12,29H,6-7,11H2,1H3,(H,26,28). The molecule has 0 radical (unpaired) electrons. The van der Waals surface area contributed by atoms with Gasteiger partial charge in [0.1, 0.15) is 0 Å². The largest absolute Gasteiger partial charge is 0.343 e. The fourth-order valence-corrected chi connectivity index (χ4v) is 6.15. The van der Waals surface area contributed by atoms with Gasteiger partial charge in [0.05, 0.1) is 22.2 Å².